The molecule has 0 aliphatic rings. The molecule has 0 saturated carbocycles. The summed E-state index contributed by atoms with van der Waals surface area (Å²) in [5.74, 6) is 1.39. The Morgan fingerprint density at radius 3 is 2.62 bits per heavy atom. The highest BCUT2D eigenvalue weighted by molar-refractivity contribution is 6.17. The van der Waals surface area contributed by atoms with Crippen LogP contribution in [-0.2, 0) is 4.74 Å². The molecule has 0 spiro atoms. The van der Waals surface area contributed by atoms with Crippen LogP contribution in [0.5, 0.6) is 0 Å². The highest BCUT2D eigenvalue weighted by Crippen LogP contribution is 2.09. The lowest BCUT2D eigenvalue weighted by Crippen LogP contribution is -2.30. The molecule has 0 radical (unpaired) electrons. The van der Waals surface area contributed by atoms with E-state index in [1.54, 1.807) is 7.11 Å². The summed E-state index contributed by atoms with van der Waals surface area (Å²) in [7, 11) is 1.71. The van der Waals surface area contributed by atoms with E-state index in [0.29, 0.717) is 12.3 Å². The molecule has 1 atom stereocenters. The van der Waals surface area contributed by atoms with Crippen LogP contribution in [0.25, 0.3) is 0 Å². The molecule has 3 nitrogen and oxygen atoms in total. The Kier molecular flexibility index (Phi) is 11.0. The summed E-state index contributed by atoms with van der Waals surface area (Å²) in [6.45, 7) is 5.73. The van der Waals surface area contributed by atoms with Gasteiger partial charge in [0.05, 0.1) is 12.7 Å². The van der Waals surface area contributed by atoms with Crippen LogP contribution in [0.15, 0.2) is 0 Å². The number of rotatable bonds is 10. The summed E-state index contributed by atoms with van der Waals surface area (Å²) in [4.78, 5) is 2.29. The maximum atomic E-state index is 8.58. The van der Waals surface area contributed by atoms with E-state index in [1.165, 1.54) is 0 Å². The van der Waals surface area contributed by atoms with Gasteiger partial charge in [-0.15, -0.1) is 11.6 Å². The predicted molar refractivity (Wildman–Crippen MR) is 67.7 cm³/mol. The van der Waals surface area contributed by atoms with Crippen LogP contribution >= 0.6 is 11.6 Å². The summed E-state index contributed by atoms with van der Waals surface area (Å²) in [5, 5.41) is 8.58. The number of hydrogen-bond acceptors (Lipinski definition) is 3. The molecule has 0 aromatic carbocycles. The van der Waals surface area contributed by atoms with E-state index < -0.39 is 0 Å². The van der Waals surface area contributed by atoms with E-state index in [9.17, 15) is 0 Å². The molecule has 0 heterocycles. The first-order valence-electron chi connectivity index (χ1n) is 5.88. The van der Waals surface area contributed by atoms with Gasteiger partial charge in [-0.25, -0.2) is 0 Å². The predicted octanol–water partition coefficient (Wildman–Crippen LogP) is 2.50. The SMILES string of the molecule is COCCN(CCC#N)CCC(C)CCCl. The first-order valence-corrected chi connectivity index (χ1v) is 6.42. The van der Waals surface area contributed by atoms with Gasteiger partial charge in [-0.1, -0.05) is 6.92 Å². The van der Waals surface area contributed by atoms with Crippen LogP contribution < -0.4 is 0 Å². The van der Waals surface area contributed by atoms with Gasteiger partial charge in [-0.05, 0) is 25.3 Å². The van der Waals surface area contributed by atoms with Crippen LogP contribution in [0.4, 0.5) is 0 Å². The van der Waals surface area contributed by atoms with Crippen molar-refractivity contribution in [3.63, 3.8) is 0 Å². The number of hydrogen-bond donors (Lipinski definition) is 0. The van der Waals surface area contributed by atoms with Gasteiger partial charge >= 0.3 is 0 Å². The van der Waals surface area contributed by atoms with Crippen molar-refractivity contribution < 1.29 is 4.74 Å². The highest BCUT2D eigenvalue weighted by atomic mass is 35.5. The van der Waals surface area contributed by atoms with Crippen molar-refractivity contribution in [2.24, 2.45) is 5.92 Å². The van der Waals surface area contributed by atoms with E-state index in [0.717, 1.165) is 45.0 Å². The van der Waals surface area contributed by atoms with Gasteiger partial charge in [0, 0.05) is 32.5 Å². The van der Waals surface area contributed by atoms with E-state index in [1.807, 2.05) is 0 Å². The molecule has 0 aromatic rings. The maximum Gasteiger partial charge on any atom is 0.0635 e. The van der Waals surface area contributed by atoms with Crippen LogP contribution in [0, 0.1) is 17.2 Å². The van der Waals surface area contributed by atoms with E-state index in [-0.39, 0.29) is 0 Å². The second-order valence-electron chi connectivity index (χ2n) is 4.11. The molecular weight excluding hydrogens is 224 g/mol. The van der Waals surface area contributed by atoms with Crippen molar-refractivity contribution >= 4 is 11.6 Å². The Labute approximate surface area is 104 Å². The Bertz CT molecular complexity index is 194. The minimum Gasteiger partial charge on any atom is -0.383 e. The van der Waals surface area contributed by atoms with Gasteiger partial charge in [0.1, 0.15) is 0 Å². The topological polar surface area (TPSA) is 36.3 Å². The average Bonchev–Trinajstić information content (AvgIpc) is 2.28. The minimum atomic E-state index is 0.591. The third kappa shape index (κ3) is 8.96. The lowest BCUT2D eigenvalue weighted by Gasteiger charge is -2.22. The lowest BCUT2D eigenvalue weighted by atomic mass is 10.1. The number of methoxy groups -OCH3 is 1. The normalized spacial score (nSPS) is 12.7. The largest absolute Gasteiger partial charge is 0.383 e. The molecule has 0 bridgehead atoms. The molecule has 0 aliphatic heterocycles. The first kappa shape index (κ1) is 15.7. The van der Waals surface area contributed by atoms with Crippen LogP contribution in [0.2, 0.25) is 0 Å². The van der Waals surface area contributed by atoms with E-state index in [2.05, 4.69) is 17.9 Å². The Morgan fingerprint density at radius 2 is 2.06 bits per heavy atom. The van der Waals surface area contributed by atoms with Crippen molar-refractivity contribution in [2.45, 2.75) is 26.2 Å². The van der Waals surface area contributed by atoms with Gasteiger partial charge in [0.25, 0.3) is 0 Å². The minimum absolute atomic E-state index is 0.591. The fourth-order valence-electron chi connectivity index (χ4n) is 1.50. The molecule has 0 aliphatic carbocycles. The molecular formula is C12H23ClN2O. The smallest absolute Gasteiger partial charge is 0.0635 e. The molecule has 1 unspecified atom stereocenters. The fourth-order valence-corrected chi connectivity index (χ4v) is 1.87. The maximum absolute atomic E-state index is 8.58. The zero-order valence-electron chi connectivity index (χ0n) is 10.4. The highest BCUT2D eigenvalue weighted by Gasteiger charge is 2.07. The molecule has 0 rings (SSSR count). The summed E-state index contributed by atoms with van der Waals surface area (Å²) < 4.78 is 5.06. The van der Waals surface area contributed by atoms with Gasteiger partial charge in [0.2, 0.25) is 0 Å². The number of alkyl halides is 1. The van der Waals surface area contributed by atoms with E-state index >= 15 is 0 Å². The summed E-state index contributed by atoms with van der Waals surface area (Å²) >= 11 is 5.70. The first-order chi connectivity index (χ1) is 7.74. The lowest BCUT2D eigenvalue weighted by molar-refractivity contribution is 0.145. The number of nitriles is 1. The monoisotopic (exact) mass is 246 g/mol. The molecule has 0 saturated heterocycles. The van der Waals surface area contributed by atoms with Crippen molar-refractivity contribution in [3.05, 3.63) is 0 Å². The van der Waals surface area contributed by atoms with Crippen molar-refractivity contribution in [1.82, 2.24) is 4.90 Å². The molecule has 0 N–H and O–H groups in total. The molecule has 4 heteroatoms. The quantitative estimate of drug-likeness (QED) is 0.556. The number of ether oxygens (including phenoxy) is 1. The van der Waals surface area contributed by atoms with Crippen LogP contribution in [-0.4, -0.2) is 44.1 Å². The van der Waals surface area contributed by atoms with Crippen molar-refractivity contribution in [2.75, 3.05) is 39.2 Å². The molecule has 0 aromatic heterocycles. The second-order valence-corrected chi connectivity index (χ2v) is 4.49. The van der Waals surface area contributed by atoms with E-state index in [4.69, 9.17) is 21.6 Å². The summed E-state index contributed by atoms with van der Waals surface area (Å²) in [6.07, 6.45) is 2.80. The van der Waals surface area contributed by atoms with Gasteiger partial charge in [-0.2, -0.15) is 5.26 Å². The zero-order valence-corrected chi connectivity index (χ0v) is 11.2. The van der Waals surface area contributed by atoms with Gasteiger partial charge < -0.3 is 9.64 Å². The van der Waals surface area contributed by atoms with Crippen molar-refractivity contribution in [1.29, 1.82) is 5.26 Å². The second kappa shape index (κ2) is 11.2. The molecule has 94 valence electrons. The standard InChI is InChI=1S/C12H23ClN2O/c1-12(4-6-13)5-9-15(8-3-7-14)10-11-16-2/h12H,3-6,8-11H2,1-2H3. The Morgan fingerprint density at radius 1 is 1.31 bits per heavy atom. The fraction of sp³-hybridized carbons (Fsp3) is 0.917. The molecule has 16 heavy (non-hydrogen) atoms. The molecule has 0 fully saturated rings. The molecule has 0 amide bonds. The van der Waals surface area contributed by atoms with Crippen LogP contribution in [0.3, 0.4) is 0 Å². The third-order valence-electron chi connectivity index (χ3n) is 2.69. The van der Waals surface area contributed by atoms with Crippen molar-refractivity contribution in [3.8, 4) is 6.07 Å². The average molecular weight is 247 g/mol. The number of nitrogens with zero attached hydrogens (tertiary/aromatic N) is 2. The van der Waals surface area contributed by atoms with Gasteiger partial charge in [0.15, 0.2) is 0 Å². The Balaban J connectivity index is 3.76. The van der Waals surface area contributed by atoms with Crippen LogP contribution in [0.1, 0.15) is 26.2 Å². The summed E-state index contributed by atoms with van der Waals surface area (Å²) in [5.41, 5.74) is 0. The Hall–Kier alpha value is -0.300. The number of halogens is 1. The zero-order chi connectivity index (χ0) is 12.2. The summed E-state index contributed by atoms with van der Waals surface area (Å²) in [6, 6.07) is 2.18. The third-order valence-corrected chi connectivity index (χ3v) is 2.91. The van der Waals surface area contributed by atoms with Gasteiger partial charge in [-0.3, -0.25) is 0 Å².